The average molecular weight is 438 g/mol. The number of alkyl halides is 6. The second-order valence-corrected chi connectivity index (χ2v) is 6.14. The number of halogens is 6. The molecule has 0 unspecified atom stereocenters. The number of hydrogen-bond acceptors (Lipinski definition) is 4. The minimum atomic E-state index is -4.97. The van der Waals surface area contributed by atoms with Crippen molar-refractivity contribution in [1.82, 2.24) is 4.98 Å². The summed E-state index contributed by atoms with van der Waals surface area (Å²) in [6.45, 7) is 0. The number of nitrogens with zero attached hydrogens (tertiary/aromatic N) is 2. The molecule has 0 amide bonds. The number of rotatable bonds is 5. The Hall–Kier alpha value is -3.74. The van der Waals surface area contributed by atoms with Crippen LogP contribution in [0.5, 0.6) is 11.5 Å². The number of para-hydroxylation sites is 2. The van der Waals surface area contributed by atoms with Gasteiger partial charge in [0, 0.05) is 28.5 Å². The Morgan fingerprint density at radius 3 is 1.84 bits per heavy atom. The van der Waals surface area contributed by atoms with Gasteiger partial charge in [0.1, 0.15) is 11.5 Å². The van der Waals surface area contributed by atoms with Crippen molar-refractivity contribution in [1.29, 1.82) is 5.26 Å². The van der Waals surface area contributed by atoms with Crippen LogP contribution in [-0.4, -0.2) is 17.7 Å². The molecule has 1 heterocycles. The highest BCUT2D eigenvalue weighted by Gasteiger charge is 2.33. The van der Waals surface area contributed by atoms with E-state index in [9.17, 15) is 26.3 Å². The number of aromatic nitrogens is 1. The topological polar surface area (TPSA) is 55.1 Å². The van der Waals surface area contributed by atoms with Gasteiger partial charge in [0.2, 0.25) is 0 Å². The summed E-state index contributed by atoms with van der Waals surface area (Å²) in [6, 6.07) is 13.7. The van der Waals surface area contributed by atoms with E-state index >= 15 is 0 Å². The summed E-state index contributed by atoms with van der Waals surface area (Å²) in [4.78, 5) is 4.10. The molecule has 0 fully saturated rings. The zero-order valence-electron chi connectivity index (χ0n) is 15.5. The van der Waals surface area contributed by atoms with Gasteiger partial charge < -0.3 is 9.47 Å². The van der Waals surface area contributed by atoms with E-state index in [0.29, 0.717) is 0 Å². The fourth-order valence-electron chi connectivity index (χ4n) is 2.91. The fourth-order valence-corrected chi connectivity index (χ4v) is 2.91. The van der Waals surface area contributed by atoms with Crippen molar-refractivity contribution in [3.8, 4) is 39.8 Å². The number of nitriles is 1. The molecule has 0 bridgehead atoms. The van der Waals surface area contributed by atoms with Crippen molar-refractivity contribution in [2.45, 2.75) is 19.1 Å². The Morgan fingerprint density at radius 2 is 1.29 bits per heavy atom. The molecule has 10 heteroatoms. The Balaban J connectivity index is 2.17. The minimum Gasteiger partial charge on any atom is -0.405 e. The molecule has 2 aromatic carbocycles. The zero-order chi connectivity index (χ0) is 22.6. The molecule has 0 N–H and O–H groups in total. The van der Waals surface area contributed by atoms with Crippen molar-refractivity contribution < 1.29 is 35.8 Å². The first kappa shape index (κ1) is 22.0. The number of ether oxygens (including phenoxy) is 2. The van der Waals surface area contributed by atoms with Crippen molar-refractivity contribution in [2.75, 3.05) is 0 Å². The van der Waals surface area contributed by atoms with Gasteiger partial charge in [-0.15, -0.1) is 26.3 Å². The van der Waals surface area contributed by atoms with Gasteiger partial charge in [0.05, 0.1) is 18.2 Å². The molecule has 31 heavy (non-hydrogen) atoms. The smallest absolute Gasteiger partial charge is 0.405 e. The molecule has 1 aromatic heterocycles. The van der Waals surface area contributed by atoms with Crippen LogP contribution in [-0.2, 0) is 6.42 Å². The summed E-state index contributed by atoms with van der Waals surface area (Å²) in [5.74, 6) is -1.04. The van der Waals surface area contributed by atoms with Crippen LogP contribution in [0, 0.1) is 11.3 Å². The van der Waals surface area contributed by atoms with Gasteiger partial charge in [-0.25, -0.2) is 0 Å². The summed E-state index contributed by atoms with van der Waals surface area (Å²) >= 11 is 0. The van der Waals surface area contributed by atoms with Crippen LogP contribution >= 0.6 is 0 Å². The van der Waals surface area contributed by atoms with Gasteiger partial charge in [-0.2, -0.15) is 5.26 Å². The molecule has 3 aromatic rings. The molecule has 0 aliphatic heterocycles. The highest BCUT2D eigenvalue weighted by Crippen LogP contribution is 2.39. The van der Waals surface area contributed by atoms with Gasteiger partial charge in [-0.1, -0.05) is 36.4 Å². The first-order valence-electron chi connectivity index (χ1n) is 8.63. The Labute approximate surface area is 172 Å². The second-order valence-electron chi connectivity index (χ2n) is 6.14. The van der Waals surface area contributed by atoms with E-state index in [1.54, 1.807) is 0 Å². The molecular formula is C21H12F6N2O2. The number of pyridine rings is 1. The summed E-state index contributed by atoms with van der Waals surface area (Å²) in [7, 11) is 0. The van der Waals surface area contributed by atoms with Gasteiger partial charge in [-0.3, -0.25) is 4.98 Å². The maximum Gasteiger partial charge on any atom is 0.573 e. The molecule has 0 spiro atoms. The van der Waals surface area contributed by atoms with Crippen LogP contribution < -0.4 is 9.47 Å². The standard InChI is InChI=1S/C21H12F6N2O2/c22-20(23,24)30-18-7-3-1-5-14(18)13-11-16(17(9-10-28)29-12-13)15-6-2-4-8-19(15)31-21(25,26)27/h1-8,11-12H,9H2. The lowest BCUT2D eigenvalue weighted by Crippen LogP contribution is -2.18. The third-order valence-electron chi connectivity index (χ3n) is 4.04. The third-order valence-corrected chi connectivity index (χ3v) is 4.04. The number of benzene rings is 2. The second kappa shape index (κ2) is 8.55. The number of hydrogen-bond donors (Lipinski definition) is 0. The summed E-state index contributed by atoms with van der Waals surface area (Å²) in [6.07, 6.45) is -8.93. The van der Waals surface area contributed by atoms with E-state index < -0.39 is 24.2 Å². The minimum absolute atomic E-state index is 0.0197. The Morgan fingerprint density at radius 1 is 0.774 bits per heavy atom. The molecule has 0 saturated carbocycles. The van der Waals surface area contributed by atoms with E-state index in [1.165, 1.54) is 48.7 Å². The summed E-state index contributed by atoms with van der Waals surface area (Å²) in [5, 5.41) is 9.06. The van der Waals surface area contributed by atoms with E-state index in [1.807, 2.05) is 6.07 Å². The van der Waals surface area contributed by atoms with Gasteiger partial charge in [0.15, 0.2) is 0 Å². The summed E-state index contributed by atoms with van der Waals surface area (Å²) in [5.41, 5.74) is 0.401. The fraction of sp³-hybridized carbons (Fsp3) is 0.143. The third kappa shape index (κ3) is 5.66. The van der Waals surface area contributed by atoms with E-state index in [0.717, 1.165) is 12.1 Å². The highest BCUT2D eigenvalue weighted by atomic mass is 19.4. The first-order valence-corrected chi connectivity index (χ1v) is 8.63. The van der Waals surface area contributed by atoms with Crippen LogP contribution in [0.25, 0.3) is 22.3 Å². The molecule has 160 valence electrons. The van der Waals surface area contributed by atoms with Crippen LogP contribution in [0.4, 0.5) is 26.3 Å². The summed E-state index contributed by atoms with van der Waals surface area (Å²) < 4.78 is 84.9. The molecule has 3 rings (SSSR count). The molecule has 0 aliphatic carbocycles. The SMILES string of the molecule is N#CCc1ncc(-c2ccccc2OC(F)(F)F)cc1-c1ccccc1OC(F)(F)F. The van der Waals surface area contributed by atoms with Crippen LogP contribution in [0.2, 0.25) is 0 Å². The Kier molecular flexibility index (Phi) is 6.06. The van der Waals surface area contributed by atoms with E-state index in [4.69, 9.17) is 5.26 Å². The monoisotopic (exact) mass is 438 g/mol. The lowest BCUT2D eigenvalue weighted by molar-refractivity contribution is -0.275. The maximum atomic E-state index is 12.8. The average Bonchev–Trinajstić information content (AvgIpc) is 2.67. The van der Waals surface area contributed by atoms with Crippen LogP contribution in [0.15, 0.2) is 60.8 Å². The van der Waals surface area contributed by atoms with Crippen LogP contribution in [0.3, 0.4) is 0 Å². The van der Waals surface area contributed by atoms with E-state index in [-0.39, 0.29) is 34.4 Å². The van der Waals surface area contributed by atoms with Crippen molar-refractivity contribution in [3.63, 3.8) is 0 Å². The lowest BCUT2D eigenvalue weighted by Gasteiger charge is -2.17. The maximum absolute atomic E-state index is 12.8. The predicted molar refractivity (Wildman–Crippen MR) is 97.8 cm³/mol. The zero-order valence-corrected chi connectivity index (χ0v) is 15.5. The quantitative estimate of drug-likeness (QED) is 0.440. The molecule has 4 nitrogen and oxygen atoms in total. The van der Waals surface area contributed by atoms with Crippen molar-refractivity contribution in [3.05, 3.63) is 66.5 Å². The van der Waals surface area contributed by atoms with Crippen LogP contribution in [0.1, 0.15) is 5.69 Å². The molecule has 0 saturated heterocycles. The lowest BCUT2D eigenvalue weighted by atomic mass is 9.97. The molecule has 0 radical (unpaired) electrons. The predicted octanol–water partition coefficient (Wildman–Crippen LogP) is 6.28. The van der Waals surface area contributed by atoms with Gasteiger partial charge in [0.25, 0.3) is 0 Å². The highest BCUT2D eigenvalue weighted by molar-refractivity contribution is 5.79. The van der Waals surface area contributed by atoms with Gasteiger partial charge in [-0.05, 0) is 18.2 Å². The first-order chi connectivity index (χ1) is 14.6. The van der Waals surface area contributed by atoms with E-state index in [2.05, 4.69) is 14.5 Å². The molecule has 0 atom stereocenters. The van der Waals surface area contributed by atoms with Crippen molar-refractivity contribution >= 4 is 0 Å². The normalized spacial score (nSPS) is 11.6. The largest absolute Gasteiger partial charge is 0.573 e. The molecular weight excluding hydrogens is 426 g/mol. The molecule has 0 aliphatic rings. The van der Waals surface area contributed by atoms with Gasteiger partial charge >= 0.3 is 12.7 Å². The van der Waals surface area contributed by atoms with Crippen molar-refractivity contribution in [2.24, 2.45) is 0 Å². The Bertz CT molecular complexity index is 1120.